The molecule has 1 unspecified atom stereocenters. The molecule has 0 aliphatic carbocycles. The summed E-state index contributed by atoms with van der Waals surface area (Å²) in [5.41, 5.74) is 0. The van der Waals surface area contributed by atoms with Crippen molar-refractivity contribution in [3.63, 3.8) is 0 Å². The van der Waals surface area contributed by atoms with Gasteiger partial charge in [-0.3, -0.25) is 9.59 Å². The van der Waals surface area contributed by atoms with Gasteiger partial charge in [-0.25, -0.2) is 0 Å². The molecule has 0 saturated carbocycles. The third-order valence-electron chi connectivity index (χ3n) is 12.3. The Morgan fingerprint density at radius 1 is 0.324 bits per heavy atom. The first kappa shape index (κ1) is 69.5. The smallest absolute Gasteiger partial charge is 0.306 e. The van der Waals surface area contributed by atoms with Crippen molar-refractivity contribution in [2.75, 3.05) is 13.2 Å². The monoisotopic (exact) mass is 1020 g/mol. The number of carbonyl (C=O) groups is 2. The van der Waals surface area contributed by atoms with E-state index in [9.17, 15) is 14.7 Å². The van der Waals surface area contributed by atoms with Crippen molar-refractivity contribution in [1.82, 2.24) is 0 Å². The molecule has 0 aliphatic rings. The first-order valence-electron chi connectivity index (χ1n) is 30.0. The summed E-state index contributed by atoms with van der Waals surface area (Å²) < 4.78 is 10.7. The van der Waals surface area contributed by atoms with Crippen LogP contribution in [-0.4, -0.2) is 36.4 Å². The molecule has 5 heteroatoms. The maximum absolute atomic E-state index is 12.3. The Morgan fingerprint density at radius 2 is 0.581 bits per heavy atom. The summed E-state index contributed by atoms with van der Waals surface area (Å²) in [4.78, 5) is 24.5. The van der Waals surface area contributed by atoms with Crippen molar-refractivity contribution in [2.45, 2.75) is 251 Å². The Hall–Kier alpha value is -4.48. The fourth-order valence-corrected chi connectivity index (χ4v) is 7.82. The predicted molar refractivity (Wildman–Crippen MR) is 324 cm³/mol. The molecule has 0 radical (unpaired) electrons. The van der Waals surface area contributed by atoms with E-state index in [1.165, 1.54) is 89.9 Å². The highest BCUT2D eigenvalue weighted by Crippen LogP contribution is 2.14. The van der Waals surface area contributed by atoms with E-state index in [1.54, 1.807) is 0 Å². The van der Waals surface area contributed by atoms with Crippen LogP contribution in [0.2, 0.25) is 0 Å². The summed E-state index contributed by atoms with van der Waals surface area (Å²) >= 11 is 0. The molecule has 0 heterocycles. The Morgan fingerprint density at radius 3 is 0.878 bits per heavy atom. The van der Waals surface area contributed by atoms with Crippen molar-refractivity contribution in [3.8, 4) is 0 Å². The van der Waals surface area contributed by atoms with E-state index in [0.717, 1.165) is 128 Å². The standard InChI is InChI=1S/C69H110O5/c1-3-5-7-9-11-13-15-17-19-21-23-25-26-27-28-29-30-31-32-33-34-35-36-37-38-39-40-41-42-44-46-48-50-52-54-56-58-60-62-64-69(72)74-67(65-70)66-73-68(71)63-61-59-57-55-53-51-49-47-45-43-24-22-20-18-16-14-12-10-8-6-4-2/h5,7,11,13,16-19,22-25,27-28,30-31,33-34,36-37,39-40,42,44-45,47,67,70H,3-4,6,8-10,12,14-15,20-21,26,29,32,35,38,41,43,46,48-66H2,1-2H3/b7-5-,13-11-,18-16-,19-17-,24-22-,25-23-,28-27-,31-30-,34-33-,37-36-,40-39-,44-42-,47-45-. The third kappa shape index (κ3) is 60.1. The molecular formula is C69H110O5. The largest absolute Gasteiger partial charge is 0.462 e. The SMILES string of the molecule is CC/C=C\C/C=C\C/C=C\C/C=C\C/C=C\C/C=C\C/C=C\C/C=C\C/C=C\C/C=C\CCCCCCCCCCC(=O)OC(CO)COC(=O)CCCCCCCC/C=C\C/C=C\C/C=C\CCCCCCC. The number of unbranched alkanes of at least 4 members (excludes halogenated alkanes) is 19. The van der Waals surface area contributed by atoms with Gasteiger partial charge in [0.15, 0.2) is 6.10 Å². The van der Waals surface area contributed by atoms with Gasteiger partial charge < -0.3 is 14.6 Å². The lowest BCUT2D eigenvalue weighted by atomic mass is 10.1. The van der Waals surface area contributed by atoms with Crippen LogP contribution < -0.4 is 0 Å². The molecule has 0 aromatic rings. The summed E-state index contributed by atoms with van der Waals surface area (Å²) in [5, 5.41) is 9.66. The first-order valence-corrected chi connectivity index (χ1v) is 30.0. The number of hydrogen-bond donors (Lipinski definition) is 1. The van der Waals surface area contributed by atoms with Crippen LogP contribution in [0.1, 0.15) is 245 Å². The molecule has 0 spiro atoms. The molecule has 0 fully saturated rings. The number of aliphatic hydroxyl groups excluding tert-OH is 1. The molecule has 0 saturated heterocycles. The third-order valence-corrected chi connectivity index (χ3v) is 12.3. The number of aliphatic hydroxyl groups is 1. The van der Waals surface area contributed by atoms with Gasteiger partial charge in [0.05, 0.1) is 6.61 Å². The van der Waals surface area contributed by atoms with Gasteiger partial charge in [-0.15, -0.1) is 0 Å². The first-order chi connectivity index (χ1) is 36.6. The van der Waals surface area contributed by atoms with Gasteiger partial charge in [-0.1, -0.05) is 262 Å². The minimum atomic E-state index is -0.795. The number of esters is 2. The van der Waals surface area contributed by atoms with Crippen LogP contribution in [0.5, 0.6) is 0 Å². The van der Waals surface area contributed by atoms with E-state index >= 15 is 0 Å². The van der Waals surface area contributed by atoms with Gasteiger partial charge in [0.25, 0.3) is 0 Å². The number of ether oxygens (including phenoxy) is 2. The van der Waals surface area contributed by atoms with Gasteiger partial charge in [0.2, 0.25) is 0 Å². The molecule has 0 bridgehead atoms. The lowest BCUT2D eigenvalue weighted by Crippen LogP contribution is -2.28. The Kier molecular flexibility index (Phi) is 59.0. The van der Waals surface area contributed by atoms with E-state index in [1.807, 2.05) is 0 Å². The Labute approximate surface area is 456 Å². The van der Waals surface area contributed by atoms with E-state index < -0.39 is 6.10 Å². The van der Waals surface area contributed by atoms with Crippen LogP contribution in [0.25, 0.3) is 0 Å². The molecule has 0 aromatic carbocycles. The molecular weight excluding hydrogens is 909 g/mol. The minimum Gasteiger partial charge on any atom is -0.462 e. The fraction of sp³-hybridized carbons (Fsp3) is 0.594. The average molecular weight is 1020 g/mol. The summed E-state index contributed by atoms with van der Waals surface area (Å²) in [6.07, 6.45) is 96.4. The van der Waals surface area contributed by atoms with E-state index in [-0.39, 0.29) is 25.2 Å². The van der Waals surface area contributed by atoms with Gasteiger partial charge in [-0.2, -0.15) is 0 Å². The van der Waals surface area contributed by atoms with Crippen LogP contribution in [0.4, 0.5) is 0 Å². The van der Waals surface area contributed by atoms with Crippen molar-refractivity contribution in [1.29, 1.82) is 0 Å². The highest BCUT2D eigenvalue weighted by Gasteiger charge is 2.16. The van der Waals surface area contributed by atoms with Crippen molar-refractivity contribution >= 4 is 11.9 Å². The van der Waals surface area contributed by atoms with Gasteiger partial charge >= 0.3 is 11.9 Å². The molecule has 416 valence electrons. The summed E-state index contributed by atoms with van der Waals surface area (Å²) in [5.74, 6) is -0.623. The summed E-state index contributed by atoms with van der Waals surface area (Å²) in [6, 6.07) is 0. The van der Waals surface area contributed by atoms with Crippen LogP contribution in [0, 0.1) is 0 Å². The topological polar surface area (TPSA) is 72.8 Å². The highest BCUT2D eigenvalue weighted by atomic mass is 16.6. The lowest BCUT2D eigenvalue weighted by molar-refractivity contribution is -0.161. The Bertz CT molecular complexity index is 1620. The number of allylic oxidation sites excluding steroid dienone is 26. The minimum absolute atomic E-state index is 0.0852. The predicted octanol–water partition coefficient (Wildman–Crippen LogP) is 20.7. The number of carbonyl (C=O) groups excluding carboxylic acids is 2. The van der Waals surface area contributed by atoms with E-state index in [4.69, 9.17) is 9.47 Å². The van der Waals surface area contributed by atoms with E-state index in [2.05, 4.69) is 172 Å². The Balaban J connectivity index is 3.63. The van der Waals surface area contributed by atoms with Crippen molar-refractivity contribution < 1.29 is 24.2 Å². The van der Waals surface area contributed by atoms with Crippen LogP contribution in [0.3, 0.4) is 0 Å². The van der Waals surface area contributed by atoms with Gasteiger partial charge in [0.1, 0.15) is 6.61 Å². The number of rotatable bonds is 53. The second-order valence-corrected chi connectivity index (χ2v) is 19.3. The maximum Gasteiger partial charge on any atom is 0.306 e. The maximum atomic E-state index is 12.3. The highest BCUT2D eigenvalue weighted by molar-refractivity contribution is 5.70. The quantitative estimate of drug-likeness (QED) is 0.0373. The van der Waals surface area contributed by atoms with Crippen LogP contribution in [0.15, 0.2) is 158 Å². The zero-order valence-corrected chi connectivity index (χ0v) is 47.5. The zero-order chi connectivity index (χ0) is 53.4. The molecule has 0 aromatic heterocycles. The fourth-order valence-electron chi connectivity index (χ4n) is 7.82. The van der Waals surface area contributed by atoms with Gasteiger partial charge in [0, 0.05) is 12.8 Å². The molecule has 0 rings (SSSR count). The molecule has 0 aliphatic heterocycles. The lowest BCUT2D eigenvalue weighted by Gasteiger charge is -2.15. The summed E-state index contributed by atoms with van der Waals surface area (Å²) in [7, 11) is 0. The second-order valence-electron chi connectivity index (χ2n) is 19.3. The second kappa shape index (κ2) is 62.8. The van der Waals surface area contributed by atoms with E-state index in [0.29, 0.717) is 12.8 Å². The van der Waals surface area contributed by atoms with Crippen molar-refractivity contribution in [3.05, 3.63) is 158 Å². The van der Waals surface area contributed by atoms with Gasteiger partial charge in [-0.05, 0) is 128 Å². The van der Waals surface area contributed by atoms with Crippen molar-refractivity contribution in [2.24, 2.45) is 0 Å². The average Bonchev–Trinajstić information content (AvgIpc) is 3.40. The normalized spacial score (nSPS) is 13.4. The molecule has 1 atom stereocenters. The molecule has 1 N–H and O–H groups in total. The summed E-state index contributed by atoms with van der Waals surface area (Å²) in [6.45, 7) is 3.99. The number of hydrogen-bond acceptors (Lipinski definition) is 5. The van der Waals surface area contributed by atoms with Crippen LogP contribution >= 0.6 is 0 Å². The zero-order valence-electron chi connectivity index (χ0n) is 47.5. The molecule has 0 amide bonds. The molecule has 5 nitrogen and oxygen atoms in total. The van der Waals surface area contributed by atoms with Crippen LogP contribution in [-0.2, 0) is 19.1 Å². The molecule has 74 heavy (non-hydrogen) atoms.